The third-order valence-electron chi connectivity index (χ3n) is 3.72. The van der Waals surface area contributed by atoms with Gasteiger partial charge in [-0.1, -0.05) is 34.1 Å². The second kappa shape index (κ2) is 7.46. The zero-order valence-corrected chi connectivity index (χ0v) is 13.0. The van der Waals surface area contributed by atoms with Gasteiger partial charge >= 0.3 is 0 Å². The van der Waals surface area contributed by atoms with Crippen LogP contribution in [0, 0.1) is 5.41 Å². The molecule has 2 atom stereocenters. The molecule has 1 aliphatic heterocycles. The molecule has 108 valence electrons. The normalized spacial score (nSPS) is 25.3. The largest absolute Gasteiger partial charge is 0.376 e. The molecule has 0 radical (unpaired) electrons. The highest BCUT2D eigenvalue weighted by Gasteiger charge is 2.28. The summed E-state index contributed by atoms with van der Waals surface area (Å²) < 4.78 is 5.62. The predicted octanol–water partition coefficient (Wildman–Crippen LogP) is 2.51. The maximum absolute atomic E-state index is 5.62. The zero-order valence-electron chi connectivity index (χ0n) is 13.0. The molecule has 0 aliphatic carbocycles. The summed E-state index contributed by atoms with van der Waals surface area (Å²) in [4.78, 5) is 2.58. The van der Waals surface area contributed by atoms with Crippen LogP contribution in [0.4, 0.5) is 0 Å². The van der Waals surface area contributed by atoms with E-state index in [2.05, 4.69) is 44.8 Å². The van der Waals surface area contributed by atoms with Crippen LogP contribution in [0.1, 0.15) is 47.5 Å². The van der Waals surface area contributed by atoms with Gasteiger partial charge in [-0.05, 0) is 18.8 Å². The van der Waals surface area contributed by atoms with E-state index in [0.717, 1.165) is 26.2 Å². The van der Waals surface area contributed by atoms with Gasteiger partial charge in [0.15, 0.2) is 0 Å². The van der Waals surface area contributed by atoms with E-state index in [4.69, 9.17) is 4.74 Å². The quantitative estimate of drug-likeness (QED) is 0.757. The number of nitrogens with zero attached hydrogens (tertiary/aromatic N) is 1. The van der Waals surface area contributed by atoms with Crippen molar-refractivity contribution in [3.8, 4) is 0 Å². The lowest BCUT2D eigenvalue weighted by Gasteiger charge is -2.39. The van der Waals surface area contributed by atoms with Crippen molar-refractivity contribution >= 4 is 0 Å². The summed E-state index contributed by atoms with van der Waals surface area (Å²) in [6.07, 6.45) is 2.94. The topological polar surface area (TPSA) is 24.5 Å². The molecule has 0 saturated carbocycles. The number of hydrogen-bond acceptors (Lipinski definition) is 3. The van der Waals surface area contributed by atoms with Crippen molar-refractivity contribution in [2.24, 2.45) is 5.41 Å². The molecule has 0 bridgehead atoms. The Morgan fingerprint density at radius 1 is 1.44 bits per heavy atom. The van der Waals surface area contributed by atoms with E-state index in [1.165, 1.54) is 19.4 Å². The molecule has 2 unspecified atom stereocenters. The lowest BCUT2D eigenvalue weighted by molar-refractivity contribution is -0.0317. The lowest BCUT2D eigenvalue weighted by Crippen LogP contribution is -2.49. The third-order valence-corrected chi connectivity index (χ3v) is 3.72. The van der Waals surface area contributed by atoms with E-state index in [0.29, 0.717) is 17.6 Å². The summed E-state index contributed by atoms with van der Waals surface area (Å²) in [6.45, 7) is 16.7. The van der Waals surface area contributed by atoms with Gasteiger partial charge in [-0.3, -0.25) is 4.90 Å². The maximum atomic E-state index is 5.62. The van der Waals surface area contributed by atoms with E-state index < -0.39 is 0 Å². The molecule has 1 fully saturated rings. The predicted molar refractivity (Wildman–Crippen MR) is 78.0 cm³/mol. The summed E-state index contributed by atoms with van der Waals surface area (Å²) in [5.41, 5.74) is 0.385. The first kappa shape index (κ1) is 15.9. The average molecular weight is 256 g/mol. The molecule has 1 saturated heterocycles. The van der Waals surface area contributed by atoms with Gasteiger partial charge in [0.2, 0.25) is 0 Å². The number of nitrogens with one attached hydrogen (secondary N) is 1. The molecule has 3 heteroatoms. The van der Waals surface area contributed by atoms with Crippen LogP contribution in [0.25, 0.3) is 0 Å². The number of hydrogen-bond donors (Lipinski definition) is 1. The van der Waals surface area contributed by atoms with Gasteiger partial charge in [0, 0.05) is 32.2 Å². The van der Waals surface area contributed by atoms with Crippen molar-refractivity contribution in [3.63, 3.8) is 0 Å². The first-order valence-electron chi connectivity index (χ1n) is 7.52. The van der Waals surface area contributed by atoms with Crippen LogP contribution in [-0.4, -0.2) is 49.8 Å². The minimum absolute atomic E-state index is 0.385. The van der Waals surface area contributed by atoms with Crippen molar-refractivity contribution in [3.05, 3.63) is 0 Å². The molecule has 1 rings (SSSR count). The van der Waals surface area contributed by atoms with Gasteiger partial charge in [0.05, 0.1) is 12.7 Å². The van der Waals surface area contributed by atoms with Gasteiger partial charge in [0.1, 0.15) is 0 Å². The molecule has 0 amide bonds. The van der Waals surface area contributed by atoms with Crippen LogP contribution >= 0.6 is 0 Å². The summed E-state index contributed by atoms with van der Waals surface area (Å²) in [5, 5.41) is 3.61. The fourth-order valence-electron chi connectivity index (χ4n) is 2.85. The molecule has 0 aromatic heterocycles. The summed E-state index contributed by atoms with van der Waals surface area (Å²) in [5.74, 6) is 0. The molecule has 0 spiro atoms. The molecule has 18 heavy (non-hydrogen) atoms. The van der Waals surface area contributed by atoms with Crippen molar-refractivity contribution < 1.29 is 4.74 Å². The van der Waals surface area contributed by atoms with Crippen LogP contribution in [0.3, 0.4) is 0 Å². The lowest BCUT2D eigenvalue weighted by atomic mass is 9.84. The molecule has 3 nitrogen and oxygen atoms in total. The Morgan fingerprint density at radius 3 is 2.72 bits per heavy atom. The van der Waals surface area contributed by atoms with Crippen LogP contribution in [-0.2, 0) is 4.74 Å². The van der Waals surface area contributed by atoms with Gasteiger partial charge in [0.25, 0.3) is 0 Å². The molecular formula is C15H32N2O. The van der Waals surface area contributed by atoms with E-state index in [9.17, 15) is 0 Å². The fraction of sp³-hybridized carbons (Fsp3) is 1.00. The molecular weight excluding hydrogens is 224 g/mol. The smallest absolute Gasteiger partial charge is 0.0674 e. The van der Waals surface area contributed by atoms with Crippen molar-refractivity contribution in [1.29, 1.82) is 0 Å². The summed E-state index contributed by atoms with van der Waals surface area (Å²) in [6, 6.07) is 0.574. The standard InChI is InChI=1S/C15H32N2O/c1-6-7-15(5,11-16-13(2)3)12-17-8-9-18-14(4)10-17/h13-14,16H,6-12H2,1-5H3. The maximum Gasteiger partial charge on any atom is 0.0674 e. The first-order chi connectivity index (χ1) is 8.45. The number of rotatable bonds is 7. The van der Waals surface area contributed by atoms with E-state index in [1.54, 1.807) is 0 Å². The number of ether oxygens (including phenoxy) is 1. The fourth-order valence-corrected chi connectivity index (χ4v) is 2.85. The Bertz CT molecular complexity index is 233. The second-order valence-corrected chi connectivity index (χ2v) is 6.51. The Balaban J connectivity index is 2.49. The Morgan fingerprint density at radius 2 is 2.17 bits per heavy atom. The van der Waals surface area contributed by atoms with Crippen molar-refractivity contribution in [2.75, 3.05) is 32.8 Å². The Labute approximate surface area is 113 Å². The Hall–Kier alpha value is -0.120. The van der Waals surface area contributed by atoms with Crippen molar-refractivity contribution in [1.82, 2.24) is 10.2 Å². The zero-order chi connectivity index (χ0) is 13.6. The molecule has 1 heterocycles. The summed E-state index contributed by atoms with van der Waals surface area (Å²) in [7, 11) is 0. The van der Waals surface area contributed by atoms with Gasteiger partial charge < -0.3 is 10.1 Å². The molecule has 0 aromatic rings. The van der Waals surface area contributed by atoms with Gasteiger partial charge in [-0.2, -0.15) is 0 Å². The Kier molecular flexibility index (Phi) is 6.61. The highest BCUT2D eigenvalue weighted by Crippen LogP contribution is 2.25. The van der Waals surface area contributed by atoms with Gasteiger partial charge in [-0.25, -0.2) is 0 Å². The first-order valence-corrected chi connectivity index (χ1v) is 7.52. The van der Waals surface area contributed by atoms with E-state index >= 15 is 0 Å². The van der Waals surface area contributed by atoms with E-state index in [-0.39, 0.29) is 0 Å². The SMILES string of the molecule is CCCC(C)(CNC(C)C)CN1CCOC(C)C1. The average Bonchev–Trinajstić information content (AvgIpc) is 2.27. The van der Waals surface area contributed by atoms with Crippen LogP contribution in [0.15, 0.2) is 0 Å². The van der Waals surface area contributed by atoms with E-state index in [1.807, 2.05) is 0 Å². The minimum atomic E-state index is 0.385. The summed E-state index contributed by atoms with van der Waals surface area (Å²) >= 11 is 0. The molecule has 1 N–H and O–H groups in total. The van der Waals surface area contributed by atoms with Crippen LogP contribution < -0.4 is 5.32 Å². The van der Waals surface area contributed by atoms with Crippen LogP contribution in [0.2, 0.25) is 0 Å². The highest BCUT2D eigenvalue weighted by molar-refractivity contribution is 4.83. The van der Waals surface area contributed by atoms with Crippen LogP contribution in [0.5, 0.6) is 0 Å². The highest BCUT2D eigenvalue weighted by atomic mass is 16.5. The monoisotopic (exact) mass is 256 g/mol. The third kappa shape index (κ3) is 5.68. The number of morpholine rings is 1. The van der Waals surface area contributed by atoms with Crippen molar-refractivity contribution in [2.45, 2.75) is 59.6 Å². The minimum Gasteiger partial charge on any atom is -0.376 e. The molecule has 0 aromatic carbocycles. The van der Waals surface area contributed by atoms with Gasteiger partial charge in [-0.15, -0.1) is 0 Å². The second-order valence-electron chi connectivity index (χ2n) is 6.51. The molecule has 1 aliphatic rings.